The van der Waals surface area contributed by atoms with Crippen molar-refractivity contribution < 1.29 is 14.1 Å². The predicted molar refractivity (Wildman–Crippen MR) is 86.2 cm³/mol. The molecule has 2 amide bonds. The van der Waals surface area contributed by atoms with Gasteiger partial charge in [0.1, 0.15) is 5.71 Å². The Morgan fingerprint density at radius 3 is 2.96 bits per heavy atom. The molecule has 1 N–H and O–H groups in total. The molecular formula is C16H23N5O3. The van der Waals surface area contributed by atoms with Crippen molar-refractivity contribution in [3.8, 4) is 0 Å². The van der Waals surface area contributed by atoms with Crippen molar-refractivity contribution >= 4 is 17.5 Å². The molecule has 3 rings (SSSR count). The minimum Gasteiger partial charge on any atom is -0.339 e. The van der Waals surface area contributed by atoms with E-state index in [-0.39, 0.29) is 17.7 Å². The summed E-state index contributed by atoms with van der Waals surface area (Å²) in [7, 11) is 0. The summed E-state index contributed by atoms with van der Waals surface area (Å²) < 4.78 is 5.41. The second-order valence-electron chi connectivity index (χ2n) is 6.83. The van der Waals surface area contributed by atoms with Gasteiger partial charge in [-0.1, -0.05) is 19.0 Å². The van der Waals surface area contributed by atoms with Gasteiger partial charge in [0.2, 0.25) is 11.8 Å². The summed E-state index contributed by atoms with van der Waals surface area (Å²) in [6.45, 7) is 5.46. The van der Waals surface area contributed by atoms with E-state index in [1.807, 2.05) is 0 Å². The number of nitrogens with one attached hydrogen (secondary N) is 1. The quantitative estimate of drug-likeness (QED) is 0.893. The number of carbonyl (C=O) groups is 2. The summed E-state index contributed by atoms with van der Waals surface area (Å²) in [5.41, 5.74) is 2.79. The monoisotopic (exact) mass is 333 g/mol. The van der Waals surface area contributed by atoms with Gasteiger partial charge in [-0.05, 0) is 18.8 Å². The molecule has 0 bridgehead atoms. The lowest BCUT2D eigenvalue weighted by atomic mass is 9.97. The molecule has 1 aromatic rings. The minimum atomic E-state index is -0.147. The smallest absolute Gasteiger partial charge is 0.270 e. The van der Waals surface area contributed by atoms with E-state index in [1.165, 1.54) is 0 Å². The number of carbonyl (C=O) groups excluding carboxylic acids is 2. The van der Waals surface area contributed by atoms with E-state index in [1.54, 1.807) is 4.90 Å². The number of hydrogen-bond donors (Lipinski definition) is 1. The minimum absolute atomic E-state index is 0.0647. The van der Waals surface area contributed by atoms with Gasteiger partial charge in [0.05, 0.1) is 5.92 Å². The van der Waals surface area contributed by atoms with Gasteiger partial charge in [-0.2, -0.15) is 10.1 Å². The molecule has 1 saturated heterocycles. The lowest BCUT2D eigenvalue weighted by molar-refractivity contribution is -0.125. The van der Waals surface area contributed by atoms with E-state index in [0.717, 1.165) is 25.1 Å². The molecule has 0 radical (unpaired) electrons. The summed E-state index contributed by atoms with van der Waals surface area (Å²) in [6.07, 6.45) is 3.30. The molecule has 3 heterocycles. The first-order valence-corrected chi connectivity index (χ1v) is 8.50. The normalized spacial score (nSPS) is 21.6. The highest BCUT2D eigenvalue weighted by atomic mass is 16.5. The molecule has 130 valence electrons. The van der Waals surface area contributed by atoms with Gasteiger partial charge in [0.25, 0.3) is 5.91 Å². The van der Waals surface area contributed by atoms with Gasteiger partial charge < -0.3 is 9.42 Å². The van der Waals surface area contributed by atoms with Crippen molar-refractivity contribution in [3.63, 3.8) is 0 Å². The van der Waals surface area contributed by atoms with Gasteiger partial charge in [-0.3, -0.25) is 9.59 Å². The van der Waals surface area contributed by atoms with Crippen LogP contribution in [0.5, 0.6) is 0 Å². The largest absolute Gasteiger partial charge is 0.339 e. The van der Waals surface area contributed by atoms with Crippen molar-refractivity contribution in [3.05, 3.63) is 11.7 Å². The second kappa shape index (κ2) is 7.11. The van der Waals surface area contributed by atoms with Gasteiger partial charge in [-0.15, -0.1) is 0 Å². The van der Waals surface area contributed by atoms with Crippen LogP contribution in [0.4, 0.5) is 0 Å². The molecule has 1 fully saturated rings. The number of likely N-dealkylation sites (tertiary alicyclic amines) is 1. The lowest BCUT2D eigenvalue weighted by Crippen LogP contribution is -2.44. The van der Waals surface area contributed by atoms with Crippen LogP contribution in [0.2, 0.25) is 0 Å². The highest BCUT2D eigenvalue weighted by molar-refractivity contribution is 6.39. The first kappa shape index (κ1) is 16.6. The zero-order valence-corrected chi connectivity index (χ0v) is 14.1. The van der Waals surface area contributed by atoms with Crippen LogP contribution >= 0.6 is 0 Å². The number of amides is 2. The van der Waals surface area contributed by atoms with E-state index in [4.69, 9.17) is 4.52 Å². The SMILES string of the molecule is CC(C)Cc1noc([C@H]2CCCN(C(=O)C3=NNC(=O)CC3)C2)n1. The fraction of sp³-hybridized carbons (Fsp3) is 0.688. The van der Waals surface area contributed by atoms with Gasteiger partial charge in [0, 0.05) is 32.4 Å². The Kier molecular flexibility index (Phi) is 4.92. The van der Waals surface area contributed by atoms with Crippen LogP contribution in [0.15, 0.2) is 9.62 Å². The van der Waals surface area contributed by atoms with Crippen LogP contribution in [0.1, 0.15) is 57.2 Å². The molecule has 1 atom stereocenters. The van der Waals surface area contributed by atoms with Crippen LogP contribution in [0.3, 0.4) is 0 Å². The standard InChI is InChI=1S/C16H23N5O3/c1-10(2)8-13-17-15(24-20-13)11-4-3-7-21(9-11)16(23)12-5-6-14(22)19-18-12/h10-11H,3-9H2,1-2H3,(H,19,22)/t11-/m0/s1. The third kappa shape index (κ3) is 3.80. The van der Waals surface area contributed by atoms with E-state index in [2.05, 4.69) is 34.5 Å². The Hall–Kier alpha value is -2.25. The van der Waals surface area contributed by atoms with Crippen LogP contribution in [0.25, 0.3) is 0 Å². The molecule has 24 heavy (non-hydrogen) atoms. The van der Waals surface area contributed by atoms with Crippen LogP contribution < -0.4 is 5.43 Å². The Bertz CT molecular complexity index is 652. The Balaban J connectivity index is 1.64. The van der Waals surface area contributed by atoms with Gasteiger partial charge in [-0.25, -0.2) is 5.43 Å². The summed E-state index contributed by atoms with van der Waals surface area (Å²) >= 11 is 0. The average Bonchev–Trinajstić information content (AvgIpc) is 3.03. The molecule has 1 aromatic heterocycles. The summed E-state index contributed by atoms with van der Waals surface area (Å²) in [6, 6.07) is 0. The molecule has 2 aliphatic heterocycles. The average molecular weight is 333 g/mol. The molecule has 0 aliphatic carbocycles. The number of aromatic nitrogens is 2. The summed E-state index contributed by atoms with van der Waals surface area (Å²) in [5, 5.41) is 7.93. The van der Waals surface area contributed by atoms with Crippen molar-refractivity contribution in [1.82, 2.24) is 20.5 Å². The van der Waals surface area contributed by atoms with Crippen LogP contribution in [-0.4, -0.2) is 45.7 Å². The Morgan fingerprint density at radius 1 is 1.42 bits per heavy atom. The second-order valence-corrected chi connectivity index (χ2v) is 6.83. The van der Waals surface area contributed by atoms with Crippen molar-refractivity contribution in [2.45, 2.75) is 51.9 Å². The molecule has 0 aromatic carbocycles. The zero-order chi connectivity index (χ0) is 17.1. The number of hydrazone groups is 1. The lowest BCUT2D eigenvalue weighted by Gasteiger charge is -2.31. The highest BCUT2D eigenvalue weighted by Crippen LogP contribution is 2.26. The van der Waals surface area contributed by atoms with Gasteiger partial charge >= 0.3 is 0 Å². The molecule has 0 unspecified atom stereocenters. The topological polar surface area (TPSA) is 101 Å². The Morgan fingerprint density at radius 2 is 2.25 bits per heavy atom. The fourth-order valence-electron chi connectivity index (χ4n) is 3.06. The van der Waals surface area contributed by atoms with Crippen molar-refractivity contribution in [2.24, 2.45) is 11.0 Å². The first-order valence-electron chi connectivity index (χ1n) is 8.50. The van der Waals surface area contributed by atoms with Crippen molar-refractivity contribution in [1.29, 1.82) is 0 Å². The molecule has 2 aliphatic rings. The van der Waals surface area contributed by atoms with Gasteiger partial charge in [0.15, 0.2) is 5.82 Å². The number of hydrogen-bond acceptors (Lipinski definition) is 6. The predicted octanol–water partition coefficient (Wildman–Crippen LogP) is 1.24. The fourth-order valence-corrected chi connectivity index (χ4v) is 3.06. The summed E-state index contributed by atoms with van der Waals surface area (Å²) in [4.78, 5) is 30.0. The van der Waals surface area contributed by atoms with E-state index in [9.17, 15) is 9.59 Å². The van der Waals surface area contributed by atoms with Crippen LogP contribution in [-0.2, 0) is 16.0 Å². The summed E-state index contributed by atoms with van der Waals surface area (Å²) in [5.74, 6) is 1.62. The number of rotatable bonds is 4. The van der Waals surface area contributed by atoms with E-state index in [0.29, 0.717) is 43.5 Å². The van der Waals surface area contributed by atoms with Crippen LogP contribution in [0, 0.1) is 5.92 Å². The molecule has 8 heteroatoms. The zero-order valence-electron chi connectivity index (χ0n) is 14.1. The number of piperidine rings is 1. The first-order chi connectivity index (χ1) is 11.5. The molecule has 0 saturated carbocycles. The number of nitrogens with zero attached hydrogens (tertiary/aromatic N) is 4. The maximum Gasteiger partial charge on any atom is 0.270 e. The highest BCUT2D eigenvalue weighted by Gasteiger charge is 2.31. The van der Waals surface area contributed by atoms with Crippen molar-refractivity contribution in [2.75, 3.05) is 13.1 Å². The molecule has 8 nitrogen and oxygen atoms in total. The maximum absolute atomic E-state index is 12.6. The molecule has 0 spiro atoms. The molecular weight excluding hydrogens is 310 g/mol. The Labute approximate surface area is 140 Å². The third-order valence-corrected chi connectivity index (χ3v) is 4.28. The third-order valence-electron chi connectivity index (χ3n) is 4.28. The maximum atomic E-state index is 12.6. The van der Waals surface area contributed by atoms with E-state index < -0.39 is 0 Å². The van der Waals surface area contributed by atoms with E-state index >= 15 is 0 Å².